The van der Waals surface area contributed by atoms with Crippen molar-refractivity contribution in [3.05, 3.63) is 11.1 Å². The molecule has 0 saturated heterocycles. The first kappa shape index (κ1) is 14.1. The monoisotopic (exact) mass is 255 g/mol. The zero-order valence-electron chi connectivity index (χ0n) is 10.9. The predicted molar refractivity (Wildman–Crippen MR) is 72.3 cm³/mol. The molecule has 0 spiro atoms. The summed E-state index contributed by atoms with van der Waals surface area (Å²) in [7, 11) is 0. The molecule has 1 rings (SSSR count). The molecule has 4 nitrogen and oxygen atoms in total. The van der Waals surface area contributed by atoms with Crippen LogP contribution in [0.25, 0.3) is 0 Å². The second-order valence-electron chi connectivity index (χ2n) is 4.55. The molecule has 0 radical (unpaired) electrons. The molecule has 1 amide bonds. The molecule has 1 aromatic rings. The first-order valence-electron chi connectivity index (χ1n) is 5.98. The van der Waals surface area contributed by atoms with Crippen LogP contribution in [0.4, 0.5) is 5.13 Å². The Morgan fingerprint density at radius 2 is 2.12 bits per heavy atom. The summed E-state index contributed by atoms with van der Waals surface area (Å²) in [5.41, 5.74) is 6.23. The highest BCUT2D eigenvalue weighted by Crippen LogP contribution is 2.23. The minimum atomic E-state index is -0.788. The normalized spacial score (nSPS) is 11.9. The van der Waals surface area contributed by atoms with Crippen LogP contribution in [0.3, 0.4) is 0 Å². The highest BCUT2D eigenvalue weighted by molar-refractivity contribution is 7.13. The van der Waals surface area contributed by atoms with E-state index in [9.17, 15) is 4.79 Å². The van der Waals surface area contributed by atoms with Crippen molar-refractivity contribution in [2.24, 2.45) is 5.73 Å². The molecule has 0 bridgehead atoms. The fraction of sp³-hybridized carbons (Fsp3) is 0.667. The average Bonchev–Trinajstić information content (AvgIpc) is 2.76. The quantitative estimate of drug-likeness (QED) is 0.850. The Balaban J connectivity index is 2.74. The van der Waals surface area contributed by atoms with E-state index >= 15 is 0 Å². The van der Waals surface area contributed by atoms with Crippen LogP contribution in [0, 0.1) is 0 Å². The number of rotatable bonds is 5. The number of thiazole rings is 1. The molecule has 17 heavy (non-hydrogen) atoms. The lowest BCUT2D eigenvalue weighted by atomic mass is 9.93. The van der Waals surface area contributed by atoms with Gasteiger partial charge in [0.15, 0.2) is 5.13 Å². The Kier molecular flexibility index (Phi) is 4.65. The summed E-state index contributed by atoms with van der Waals surface area (Å²) in [6.45, 7) is 7.99. The lowest BCUT2D eigenvalue weighted by Gasteiger charge is -2.24. The molecular weight excluding hydrogens is 234 g/mol. The van der Waals surface area contributed by atoms with E-state index in [1.165, 1.54) is 11.3 Å². The molecule has 0 aliphatic carbocycles. The van der Waals surface area contributed by atoms with Crippen LogP contribution in [0.15, 0.2) is 5.38 Å². The van der Waals surface area contributed by atoms with Crippen molar-refractivity contribution in [1.82, 2.24) is 4.98 Å². The average molecular weight is 255 g/mol. The number of nitrogens with two attached hydrogens (primary N) is 1. The number of nitrogens with one attached hydrogen (secondary N) is 1. The molecule has 0 aliphatic rings. The lowest BCUT2D eigenvalue weighted by molar-refractivity contribution is -0.121. The number of aromatic nitrogens is 1. The number of nitrogens with zero attached hydrogens (tertiary/aromatic N) is 1. The smallest absolute Gasteiger partial charge is 0.246 e. The second-order valence-corrected chi connectivity index (χ2v) is 5.41. The Morgan fingerprint density at radius 1 is 1.53 bits per heavy atom. The van der Waals surface area contributed by atoms with Gasteiger partial charge >= 0.3 is 0 Å². The number of carbonyl (C=O) groups is 1. The van der Waals surface area contributed by atoms with Crippen LogP contribution in [0.2, 0.25) is 0 Å². The number of hydrogen-bond acceptors (Lipinski definition) is 4. The van der Waals surface area contributed by atoms with E-state index < -0.39 is 5.54 Å². The maximum atomic E-state index is 12.0. The summed E-state index contributed by atoms with van der Waals surface area (Å²) in [5, 5.41) is 5.41. The number of anilines is 1. The topological polar surface area (TPSA) is 68.0 Å². The van der Waals surface area contributed by atoms with Crippen LogP contribution in [0.5, 0.6) is 0 Å². The summed E-state index contributed by atoms with van der Waals surface area (Å²) >= 11 is 1.44. The molecule has 3 N–H and O–H groups in total. The van der Waals surface area contributed by atoms with Crippen LogP contribution < -0.4 is 11.1 Å². The standard InChI is InChI=1S/C12H21N3OS/c1-5-12(13,6-2)10(16)15-11-14-9(7-17-11)8(3)4/h7-8H,5-6,13H2,1-4H3,(H,14,15,16). The predicted octanol–water partition coefficient (Wildman–Crippen LogP) is 2.72. The molecular formula is C12H21N3OS. The van der Waals surface area contributed by atoms with Crippen molar-refractivity contribution in [1.29, 1.82) is 0 Å². The van der Waals surface area contributed by atoms with Gasteiger partial charge in [-0.2, -0.15) is 0 Å². The van der Waals surface area contributed by atoms with Gasteiger partial charge < -0.3 is 11.1 Å². The van der Waals surface area contributed by atoms with Crippen molar-refractivity contribution < 1.29 is 4.79 Å². The Hall–Kier alpha value is -0.940. The van der Waals surface area contributed by atoms with Gasteiger partial charge in [-0.1, -0.05) is 27.7 Å². The fourth-order valence-electron chi connectivity index (χ4n) is 1.40. The number of amides is 1. The highest BCUT2D eigenvalue weighted by atomic mass is 32.1. The Bertz CT molecular complexity index is 383. The zero-order valence-corrected chi connectivity index (χ0v) is 11.7. The fourth-order valence-corrected chi connectivity index (χ4v) is 2.27. The minimum absolute atomic E-state index is 0.146. The first-order valence-corrected chi connectivity index (χ1v) is 6.86. The van der Waals surface area contributed by atoms with Gasteiger partial charge in [-0.25, -0.2) is 4.98 Å². The molecule has 5 heteroatoms. The Labute approximate surface area is 107 Å². The third-order valence-electron chi connectivity index (χ3n) is 3.05. The second kappa shape index (κ2) is 5.60. The summed E-state index contributed by atoms with van der Waals surface area (Å²) in [6, 6.07) is 0. The molecule has 0 aliphatic heterocycles. The molecule has 1 heterocycles. The molecule has 0 saturated carbocycles. The van der Waals surface area contributed by atoms with Crippen LogP contribution in [-0.2, 0) is 4.79 Å². The summed E-state index contributed by atoms with van der Waals surface area (Å²) in [5.74, 6) is 0.226. The minimum Gasteiger partial charge on any atom is -0.317 e. The summed E-state index contributed by atoms with van der Waals surface area (Å²) in [6.07, 6.45) is 1.25. The molecule has 0 aromatic carbocycles. The van der Waals surface area contributed by atoms with Crippen molar-refractivity contribution in [2.75, 3.05) is 5.32 Å². The summed E-state index contributed by atoms with van der Waals surface area (Å²) in [4.78, 5) is 16.4. The maximum absolute atomic E-state index is 12.0. The van der Waals surface area contributed by atoms with E-state index in [-0.39, 0.29) is 5.91 Å². The van der Waals surface area contributed by atoms with E-state index in [1.54, 1.807) is 0 Å². The van der Waals surface area contributed by atoms with Gasteiger partial charge in [-0.3, -0.25) is 4.79 Å². The van der Waals surface area contributed by atoms with E-state index in [4.69, 9.17) is 5.73 Å². The first-order chi connectivity index (χ1) is 7.92. The maximum Gasteiger partial charge on any atom is 0.246 e. The Morgan fingerprint density at radius 3 is 2.53 bits per heavy atom. The van der Waals surface area contributed by atoms with Crippen LogP contribution in [-0.4, -0.2) is 16.4 Å². The van der Waals surface area contributed by atoms with Gasteiger partial charge in [-0.15, -0.1) is 11.3 Å². The van der Waals surface area contributed by atoms with Gasteiger partial charge in [0.25, 0.3) is 0 Å². The zero-order chi connectivity index (χ0) is 13.1. The van der Waals surface area contributed by atoms with E-state index in [1.807, 2.05) is 19.2 Å². The number of hydrogen-bond donors (Lipinski definition) is 2. The third-order valence-corrected chi connectivity index (χ3v) is 3.82. The van der Waals surface area contributed by atoms with Gasteiger partial charge in [0, 0.05) is 5.38 Å². The summed E-state index contributed by atoms with van der Waals surface area (Å²) < 4.78 is 0. The van der Waals surface area contributed by atoms with E-state index in [2.05, 4.69) is 24.1 Å². The molecule has 0 unspecified atom stereocenters. The van der Waals surface area contributed by atoms with Crippen molar-refractivity contribution in [2.45, 2.75) is 52.0 Å². The van der Waals surface area contributed by atoms with Crippen molar-refractivity contribution in [3.8, 4) is 0 Å². The highest BCUT2D eigenvalue weighted by Gasteiger charge is 2.30. The number of carbonyl (C=O) groups excluding carboxylic acids is 1. The lowest BCUT2D eigenvalue weighted by Crippen LogP contribution is -2.50. The third kappa shape index (κ3) is 3.26. The van der Waals surface area contributed by atoms with E-state index in [0.717, 1.165) is 5.69 Å². The molecule has 96 valence electrons. The SMILES string of the molecule is CCC(N)(CC)C(=O)Nc1nc(C(C)C)cs1. The largest absolute Gasteiger partial charge is 0.317 e. The molecule has 0 fully saturated rings. The van der Waals surface area contributed by atoms with E-state index in [0.29, 0.717) is 23.9 Å². The molecule has 1 aromatic heterocycles. The van der Waals surface area contributed by atoms with Gasteiger partial charge in [-0.05, 0) is 18.8 Å². The van der Waals surface area contributed by atoms with Gasteiger partial charge in [0.1, 0.15) is 0 Å². The van der Waals surface area contributed by atoms with Crippen molar-refractivity contribution in [3.63, 3.8) is 0 Å². The van der Waals surface area contributed by atoms with Gasteiger partial charge in [0.05, 0.1) is 11.2 Å². The van der Waals surface area contributed by atoms with Crippen LogP contribution >= 0.6 is 11.3 Å². The van der Waals surface area contributed by atoms with Crippen molar-refractivity contribution >= 4 is 22.4 Å². The van der Waals surface area contributed by atoms with Gasteiger partial charge in [0.2, 0.25) is 5.91 Å². The van der Waals surface area contributed by atoms with Crippen LogP contribution in [0.1, 0.15) is 52.1 Å². The molecule has 0 atom stereocenters.